The van der Waals surface area contributed by atoms with E-state index in [2.05, 4.69) is 0 Å². The lowest BCUT2D eigenvalue weighted by atomic mass is 9.58. The van der Waals surface area contributed by atoms with Gasteiger partial charge in [0.25, 0.3) is 0 Å². The highest BCUT2D eigenvalue weighted by atomic mass is 32.2. The third kappa shape index (κ3) is 2.48. The highest BCUT2D eigenvalue weighted by molar-refractivity contribution is 8.10. The predicted molar refractivity (Wildman–Crippen MR) is 128 cm³/mol. The van der Waals surface area contributed by atoms with Gasteiger partial charge in [0.2, 0.25) is 0 Å². The molecule has 0 N–H and O–H groups in total. The summed E-state index contributed by atoms with van der Waals surface area (Å²) >= 11 is 1.26. The number of fused-ring (bicyclic) bond motifs is 6. The molecular formula is C28H20F6S. The topological polar surface area (TPSA) is 0 Å². The van der Waals surface area contributed by atoms with Crippen LogP contribution in [0.1, 0.15) is 36.1 Å². The molecule has 1 heterocycles. The Morgan fingerprint density at radius 3 is 2.17 bits per heavy atom. The zero-order valence-corrected chi connectivity index (χ0v) is 19.8. The van der Waals surface area contributed by atoms with Gasteiger partial charge in [-0.15, -0.1) is 11.8 Å². The highest BCUT2D eigenvalue weighted by Gasteiger charge is 2.84. The van der Waals surface area contributed by atoms with Crippen LogP contribution < -0.4 is 0 Å². The summed E-state index contributed by atoms with van der Waals surface area (Å²) in [7, 11) is 0. The zero-order chi connectivity index (χ0) is 25.2. The van der Waals surface area contributed by atoms with Crippen LogP contribution >= 0.6 is 11.8 Å². The Bertz CT molecular complexity index is 1440. The summed E-state index contributed by atoms with van der Waals surface area (Å²) in [6, 6.07) is 13.9. The van der Waals surface area contributed by atoms with Crippen LogP contribution in [0.4, 0.5) is 26.3 Å². The first-order valence-corrected chi connectivity index (χ1v) is 12.0. The van der Waals surface area contributed by atoms with Gasteiger partial charge in [0.15, 0.2) is 0 Å². The molecule has 0 amide bonds. The van der Waals surface area contributed by atoms with Crippen LogP contribution in [0.25, 0.3) is 16.6 Å². The van der Waals surface area contributed by atoms with E-state index in [-0.39, 0.29) is 16.7 Å². The smallest absolute Gasteiger partial charge is 0.194 e. The summed E-state index contributed by atoms with van der Waals surface area (Å²) in [6.07, 6.45) is 4.89. The summed E-state index contributed by atoms with van der Waals surface area (Å²) < 4.78 is 90.4. The van der Waals surface area contributed by atoms with Crippen molar-refractivity contribution in [1.29, 1.82) is 0 Å². The Balaban J connectivity index is 1.76. The van der Waals surface area contributed by atoms with Crippen molar-refractivity contribution in [1.82, 2.24) is 0 Å². The molecule has 0 aromatic heterocycles. The molecule has 1 aliphatic heterocycles. The quantitative estimate of drug-likeness (QED) is 0.352. The second-order valence-corrected chi connectivity index (χ2v) is 11.4. The van der Waals surface area contributed by atoms with Gasteiger partial charge in [0, 0.05) is 21.5 Å². The molecule has 0 spiro atoms. The van der Waals surface area contributed by atoms with Crippen molar-refractivity contribution in [3.8, 4) is 0 Å². The number of hydrogen-bond acceptors (Lipinski definition) is 1. The normalized spacial score (nSPS) is 31.1. The van der Waals surface area contributed by atoms with Crippen molar-refractivity contribution < 1.29 is 26.3 Å². The van der Waals surface area contributed by atoms with Crippen molar-refractivity contribution >= 4 is 28.3 Å². The SMILES string of the molecule is Cc1cccc(C2=CC3=C4C(=C5c6ccccc6C=CC5(C)C3(C)S2)C(F)(F)C(F)(F)C4(F)F)c1. The molecule has 2 atom stereocenters. The molecule has 2 aromatic carbocycles. The van der Waals surface area contributed by atoms with E-state index in [1.807, 2.05) is 25.1 Å². The second-order valence-electron chi connectivity index (χ2n) is 9.90. The number of rotatable bonds is 1. The third-order valence-electron chi connectivity index (χ3n) is 7.93. The number of hydrogen-bond donors (Lipinski definition) is 0. The van der Waals surface area contributed by atoms with Crippen LogP contribution in [-0.2, 0) is 0 Å². The first-order valence-electron chi connectivity index (χ1n) is 11.2. The minimum atomic E-state index is -5.56. The summed E-state index contributed by atoms with van der Waals surface area (Å²) in [5.41, 5.74) is -1.55. The van der Waals surface area contributed by atoms with Gasteiger partial charge < -0.3 is 0 Å². The molecule has 4 aliphatic rings. The molecule has 1 fully saturated rings. The average Bonchev–Trinajstić information content (AvgIpc) is 3.20. The standard InChI is InChI=1S/C28H20F6S/c1-15-7-6-9-17(13-15)20-14-19-22-23(27(31,32)28(33,34)26(22,29)30)21-18-10-5-4-8-16(18)11-12-24(21,2)25(19,3)35-20/h4-14H,1-3H3. The third-order valence-corrected chi connectivity index (χ3v) is 9.55. The molecule has 1 saturated carbocycles. The number of aryl methyl sites for hydroxylation is 1. The highest BCUT2D eigenvalue weighted by Crippen LogP contribution is 2.75. The molecule has 7 heteroatoms. The predicted octanol–water partition coefficient (Wildman–Crippen LogP) is 8.56. The largest absolute Gasteiger partial charge is 0.380 e. The van der Waals surface area contributed by atoms with E-state index >= 15 is 17.6 Å². The van der Waals surface area contributed by atoms with Crippen molar-refractivity contribution in [3.05, 3.63) is 99.7 Å². The Labute approximate surface area is 203 Å². The van der Waals surface area contributed by atoms with Gasteiger partial charge >= 0.3 is 17.8 Å². The number of halogens is 6. The fourth-order valence-corrected chi connectivity index (χ4v) is 7.42. The number of benzene rings is 2. The van der Waals surface area contributed by atoms with Crippen LogP contribution in [0.5, 0.6) is 0 Å². The molecule has 0 bridgehead atoms. The second kappa shape index (κ2) is 6.55. The number of thioether (sulfide) groups is 1. The molecule has 180 valence electrons. The maximum absolute atomic E-state index is 15.5. The molecule has 6 rings (SSSR count). The lowest BCUT2D eigenvalue weighted by molar-refractivity contribution is -0.257. The Hall–Kier alpha value is -2.67. The fourth-order valence-electron chi connectivity index (χ4n) is 5.90. The minimum absolute atomic E-state index is 0.148. The Morgan fingerprint density at radius 1 is 0.771 bits per heavy atom. The number of allylic oxidation sites excluding steroid dienone is 5. The summed E-state index contributed by atoms with van der Waals surface area (Å²) in [5.74, 6) is -15.6. The molecule has 0 saturated heterocycles. The summed E-state index contributed by atoms with van der Waals surface area (Å²) in [4.78, 5) is 0.585. The van der Waals surface area contributed by atoms with E-state index in [4.69, 9.17) is 0 Å². The van der Waals surface area contributed by atoms with Crippen molar-refractivity contribution in [2.75, 3.05) is 0 Å². The van der Waals surface area contributed by atoms with Gasteiger partial charge in [0.05, 0.1) is 4.75 Å². The fraction of sp³-hybridized carbons (Fsp3) is 0.286. The monoisotopic (exact) mass is 502 g/mol. The van der Waals surface area contributed by atoms with Gasteiger partial charge in [-0.05, 0) is 47.8 Å². The van der Waals surface area contributed by atoms with E-state index in [1.165, 1.54) is 17.8 Å². The van der Waals surface area contributed by atoms with Crippen molar-refractivity contribution in [3.63, 3.8) is 0 Å². The number of alkyl halides is 6. The van der Waals surface area contributed by atoms with E-state index in [0.717, 1.165) is 11.1 Å². The van der Waals surface area contributed by atoms with Crippen LogP contribution in [-0.4, -0.2) is 22.5 Å². The average molecular weight is 503 g/mol. The van der Waals surface area contributed by atoms with Crippen molar-refractivity contribution in [2.24, 2.45) is 5.41 Å². The first kappa shape index (κ1) is 22.8. The lowest BCUT2D eigenvalue weighted by Crippen LogP contribution is -2.47. The summed E-state index contributed by atoms with van der Waals surface area (Å²) in [6.45, 7) is 5.26. The Morgan fingerprint density at radius 2 is 1.46 bits per heavy atom. The minimum Gasteiger partial charge on any atom is -0.194 e. The van der Waals surface area contributed by atoms with Crippen LogP contribution in [0, 0.1) is 12.3 Å². The van der Waals surface area contributed by atoms with Crippen molar-refractivity contribution in [2.45, 2.75) is 43.3 Å². The van der Waals surface area contributed by atoms with E-state index in [0.29, 0.717) is 10.5 Å². The van der Waals surface area contributed by atoms with Gasteiger partial charge in [-0.25, -0.2) is 0 Å². The van der Waals surface area contributed by atoms with Gasteiger partial charge in [0.1, 0.15) is 0 Å². The molecule has 3 aliphatic carbocycles. The maximum atomic E-state index is 15.5. The molecule has 2 unspecified atom stereocenters. The summed E-state index contributed by atoms with van der Waals surface area (Å²) in [5, 5.41) is 0. The molecule has 2 aromatic rings. The molecule has 0 nitrogen and oxygen atoms in total. The van der Waals surface area contributed by atoms with E-state index in [1.54, 1.807) is 56.3 Å². The van der Waals surface area contributed by atoms with Gasteiger partial charge in [-0.2, -0.15) is 26.3 Å². The van der Waals surface area contributed by atoms with Gasteiger partial charge in [-0.3, -0.25) is 0 Å². The molecule has 0 radical (unpaired) electrons. The first-order chi connectivity index (χ1) is 16.3. The van der Waals surface area contributed by atoms with E-state index in [9.17, 15) is 8.78 Å². The van der Waals surface area contributed by atoms with Crippen LogP contribution in [0.2, 0.25) is 0 Å². The zero-order valence-electron chi connectivity index (χ0n) is 19.0. The van der Waals surface area contributed by atoms with Crippen LogP contribution in [0.3, 0.4) is 0 Å². The van der Waals surface area contributed by atoms with Crippen LogP contribution in [0.15, 0.2) is 77.4 Å². The van der Waals surface area contributed by atoms with E-state index < -0.39 is 39.1 Å². The maximum Gasteiger partial charge on any atom is 0.380 e. The van der Waals surface area contributed by atoms with Gasteiger partial charge in [-0.1, -0.05) is 73.2 Å². The molecule has 35 heavy (non-hydrogen) atoms. The molecular weight excluding hydrogens is 482 g/mol. The lowest BCUT2D eigenvalue weighted by Gasteiger charge is -2.50. The Kier molecular flexibility index (Phi) is 4.26.